The summed E-state index contributed by atoms with van der Waals surface area (Å²) in [6, 6.07) is 0. The summed E-state index contributed by atoms with van der Waals surface area (Å²) in [7, 11) is 0. The molecule has 1 aliphatic heterocycles. The molecule has 16 heavy (non-hydrogen) atoms. The van der Waals surface area contributed by atoms with E-state index in [1.54, 1.807) is 0 Å². The van der Waals surface area contributed by atoms with Crippen molar-refractivity contribution in [1.29, 1.82) is 0 Å². The lowest BCUT2D eigenvalue weighted by atomic mass is 9.94. The maximum Gasteiger partial charge on any atom is 0.311 e. The summed E-state index contributed by atoms with van der Waals surface area (Å²) >= 11 is 0. The number of aliphatic carboxylic acids is 1. The zero-order valence-corrected chi connectivity index (χ0v) is 9.02. The van der Waals surface area contributed by atoms with Gasteiger partial charge in [-0.05, 0) is 12.8 Å². The molecule has 2 aliphatic rings. The van der Waals surface area contributed by atoms with Crippen molar-refractivity contribution in [2.75, 3.05) is 13.2 Å². The van der Waals surface area contributed by atoms with E-state index in [0.717, 1.165) is 19.3 Å². The summed E-state index contributed by atoms with van der Waals surface area (Å²) in [5.74, 6) is -2.56. The van der Waals surface area contributed by atoms with Gasteiger partial charge in [-0.25, -0.2) is 9.78 Å². The zero-order valence-electron chi connectivity index (χ0n) is 9.02. The SMILES string of the molecule is O=C(O)C1COOC2(CCCCC2)OOC1. The first-order valence-corrected chi connectivity index (χ1v) is 5.56. The number of rotatable bonds is 1. The van der Waals surface area contributed by atoms with Gasteiger partial charge in [-0.15, -0.1) is 0 Å². The quantitative estimate of drug-likeness (QED) is 0.686. The molecule has 1 heterocycles. The van der Waals surface area contributed by atoms with Crippen LogP contribution in [0.15, 0.2) is 0 Å². The first kappa shape index (κ1) is 11.8. The molecule has 0 unspecified atom stereocenters. The standard InChI is InChI=1S/C10H16O6/c11-9(12)8-6-13-15-10(16-14-7-8)4-2-1-3-5-10/h8H,1-7H2,(H,11,12). The van der Waals surface area contributed by atoms with Crippen molar-refractivity contribution >= 4 is 5.97 Å². The first-order chi connectivity index (χ1) is 7.72. The number of hydrogen-bond donors (Lipinski definition) is 1. The fraction of sp³-hybridized carbons (Fsp3) is 0.900. The zero-order chi connectivity index (χ0) is 11.4. The monoisotopic (exact) mass is 232 g/mol. The van der Waals surface area contributed by atoms with Gasteiger partial charge in [0.1, 0.15) is 5.92 Å². The van der Waals surface area contributed by atoms with E-state index in [2.05, 4.69) is 0 Å². The van der Waals surface area contributed by atoms with Gasteiger partial charge >= 0.3 is 5.97 Å². The molecule has 1 aliphatic carbocycles. The minimum atomic E-state index is -0.980. The van der Waals surface area contributed by atoms with Crippen molar-refractivity contribution in [3.05, 3.63) is 0 Å². The van der Waals surface area contributed by atoms with Crippen LogP contribution in [0.25, 0.3) is 0 Å². The van der Waals surface area contributed by atoms with E-state index in [-0.39, 0.29) is 13.2 Å². The molecule has 0 aromatic rings. The highest BCUT2D eigenvalue weighted by molar-refractivity contribution is 5.70. The Balaban J connectivity index is 1.90. The molecule has 1 saturated carbocycles. The van der Waals surface area contributed by atoms with E-state index in [4.69, 9.17) is 24.7 Å². The van der Waals surface area contributed by atoms with E-state index in [1.807, 2.05) is 0 Å². The highest BCUT2D eigenvalue weighted by Gasteiger charge is 2.39. The molecule has 1 N–H and O–H groups in total. The van der Waals surface area contributed by atoms with Crippen molar-refractivity contribution in [2.45, 2.75) is 37.9 Å². The lowest BCUT2D eigenvalue weighted by Gasteiger charge is -2.35. The second kappa shape index (κ2) is 5.09. The van der Waals surface area contributed by atoms with Gasteiger partial charge in [0, 0.05) is 12.8 Å². The third kappa shape index (κ3) is 2.70. The van der Waals surface area contributed by atoms with E-state index < -0.39 is 17.7 Å². The molecule has 1 spiro atoms. The Morgan fingerprint density at radius 3 is 2.12 bits per heavy atom. The summed E-state index contributed by atoms with van der Waals surface area (Å²) < 4.78 is 0. The average molecular weight is 232 g/mol. The van der Waals surface area contributed by atoms with Crippen LogP contribution in [0.4, 0.5) is 0 Å². The smallest absolute Gasteiger partial charge is 0.311 e. The summed E-state index contributed by atoms with van der Waals surface area (Å²) in [6.07, 6.45) is 4.56. The van der Waals surface area contributed by atoms with Crippen LogP contribution < -0.4 is 0 Å². The molecular weight excluding hydrogens is 216 g/mol. The predicted octanol–water partition coefficient (Wildman–Crippen LogP) is 1.26. The van der Waals surface area contributed by atoms with E-state index >= 15 is 0 Å². The third-order valence-electron chi connectivity index (χ3n) is 2.92. The number of carboxylic acid groups (broad SMARTS) is 1. The lowest BCUT2D eigenvalue weighted by Crippen LogP contribution is -2.42. The minimum Gasteiger partial charge on any atom is -0.481 e. The fourth-order valence-electron chi connectivity index (χ4n) is 1.91. The van der Waals surface area contributed by atoms with Gasteiger partial charge in [0.25, 0.3) is 0 Å². The molecule has 6 heteroatoms. The highest BCUT2D eigenvalue weighted by atomic mass is 17.3. The molecule has 0 radical (unpaired) electrons. The van der Waals surface area contributed by atoms with Crippen molar-refractivity contribution in [1.82, 2.24) is 0 Å². The summed E-state index contributed by atoms with van der Waals surface area (Å²) in [5.41, 5.74) is 0. The fourth-order valence-corrected chi connectivity index (χ4v) is 1.91. The summed E-state index contributed by atoms with van der Waals surface area (Å²) in [6.45, 7) is -0.0269. The Hall–Kier alpha value is -0.690. The van der Waals surface area contributed by atoms with Gasteiger partial charge in [0.2, 0.25) is 5.79 Å². The Bertz CT molecular complexity index is 236. The van der Waals surface area contributed by atoms with Gasteiger partial charge < -0.3 is 5.11 Å². The Morgan fingerprint density at radius 2 is 1.62 bits per heavy atom. The van der Waals surface area contributed by atoms with Crippen molar-refractivity contribution in [3.63, 3.8) is 0 Å². The first-order valence-electron chi connectivity index (χ1n) is 5.56. The number of carboxylic acids is 1. The van der Waals surface area contributed by atoms with Gasteiger partial charge in [-0.2, -0.15) is 9.78 Å². The van der Waals surface area contributed by atoms with E-state index in [0.29, 0.717) is 12.8 Å². The van der Waals surface area contributed by atoms with E-state index in [9.17, 15) is 4.79 Å². The molecule has 2 fully saturated rings. The molecule has 0 amide bonds. The lowest BCUT2D eigenvalue weighted by molar-refractivity contribution is -0.531. The summed E-state index contributed by atoms with van der Waals surface area (Å²) in [5, 5.41) is 8.79. The highest BCUT2D eigenvalue weighted by Crippen LogP contribution is 2.34. The second-order valence-electron chi connectivity index (χ2n) is 4.24. The molecule has 92 valence electrons. The van der Waals surface area contributed by atoms with Crippen LogP contribution in [0.1, 0.15) is 32.1 Å². The molecular formula is C10H16O6. The van der Waals surface area contributed by atoms with Gasteiger partial charge in [0.15, 0.2) is 0 Å². The number of carbonyl (C=O) groups is 1. The molecule has 2 rings (SSSR count). The average Bonchev–Trinajstić information content (AvgIpc) is 2.25. The molecule has 0 bridgehead atoms. The largest absolute Gasteiger partial charge is 0.481 e. The van der Waals surface area contributed by atoms with Crippen LogP contribution in [-0.2, 0) is 24.3 Å². The van der Waals surface area contributed by atoms with E-state index in [1.165, 1.54) is 0 Å². The van der Waals surface area contributed by atoms with Crippen LogP contribution in [0.5, 0.6) is 0 Å². The summed E-state index contributed by atoms with van der Waals surface area (Å²) in [4.78, 5) is 31.0. The maximum atomic E-state index is 10.7. The third-order valence-corrected chi connectivity index (χ3v) is 2.92. The van der Waals surface area contributed by atoms with Crippen LogP contribution in [-0.4, -0.2) is 30.1 Å². The van der Waals surface area contributed by atoms with Gasteiger partial charge in [0.05, 0.1) is 13.2 Å². The van der Waals surface area contributed by atoms with Crippen molar-refractivity contribution < 1.29 is 29.5 Å². The molecule has 1 saturated heterocycles. The van der Waals surface area contributed by atoms with Crippen LogP contribution in [0.2, 0.25) is 0 Å². The molecule has 6 nitrogen and oxygen atoms in total. The van der Waals surface area contributed by atoms with Crippen LogP contribution in [0.3, 0.4) is 0 Å². The van der Waals surface area contributed by atoms with Crippen molar-refractivity contribution in [3.8, 4) is 0 Å². The Kier molecular flexibility index (Phi) is 3.75. The van der Waals surface area contributed by atoms with Gasteiger partial charge in [-0.3, -0.25) is 4.79 Å². The Morgan fingerprint density at radius 1 is 1.06 bits per heavy atom. The number of hydrogen-bond acceptors (Lipinski definition) is 5. The second-order valence-corrected chi connectivity index (χ2v) is 4.24. The minimum absolute atomic E-state index is 0.0134. The maximum absolute atomic E-state index is 10.7. The molecule has 0 aromatic carbocycles. The molecule has 0 aromatic heterocycles. The topological polar surface area (TPSA) is 74.2 Å². The predicted molar refractivity (Wildman–Crippen MR) is 51.0 cm³/mol. The molecule has 0 atom stereocenters. The van der Waals surface area contributed by atoms with Crippen LogP contribution >= 0.6 is 0 Å². The van der Waals surface area contributed by atoms with Crippen molar-refractivity contribution in [2.24, 2.45) is 5.92 Å². The Labute approximate surface area is 93.3 Å². The normalized spacial score (nSPS) is 27.2. The van der Waals surface area contributed by atoms with Crippen LogP contribution in [0, 0.1) is 5.92 Å². The van der Waals surface area contributed by atoms with Gasteiger partial charge in [-0.1, -0.05) is 6.42 Å².